The second kappa shape index (κ2) is 7.07. The van der Waals surface area contributed by atoms with Crippen molar-refractivity contribution in [3.8, 4) is 0 Å². The first kappa shape index (κ1) is 13.7. The molecule has 17 heavy (non-hydrogen) atoms. The molecule has 0 spiro atoms. The van der Waals surface area contributed by atoms with Crippen LogP contribution in [0.1, 0.15) is 25.3 Å². The van der Waals surface area contributed by atoms with Gasteiger partial charge in [-0.05, 0) is 19.0 Å². The molecule has 1 aromatic carbocycles. The van der Waals surface area contributed by atoms with Crippen LogP contribution in [0.15, 0.2) is 30.3 Å². The van der Waals surface area contributed by atoms with E-state index in [9.17, 15) is 4.79 Å². The first-order valence-corrected chi connectivity index (χ1v) is 5.98. The third-order valence-corrected chi connectivity index (χ3v) is 3.00. The maximum absolute atomic E-state index is 11.3. The van der Waals surface area contributed by atoms with Crippen molar-refractivity contribution in [1.82, 2.24) is 4.90 Å². The molecule has 0 N–H and O–H groups in total. The van der Waals surface area contributed by atoms with E-state index in [1.165, 1.54) is 12.7 Å². The van der Waals surface area contributed by atoms with Crippen LogP contribution in [-0.4, -0.2) is 31.1 Å². The Morgan fingerprint density at radius 2 is 2.00 bits per heavy atom. The van der Waals surface area contributed by atoms with Crippen molar-refractivity contribution in [2.75, 3.05) is 14.2 Å². The molecule has 0 saturated heterocycles. The van der Waals surface area contributed by atoms with Gasteiger partial charge in [-0.25, -0.2) is 0 Å². The van der Waals surface area contributed by atoms with Gasteiger partial charge in [0.25, 0.3) is 0 Å². The Labute approximate surface area is 103 Å². The van der Waals surface area contributed by atoms with Crippen LogP contribution in [-0.2, 0) is 16.1 Å². The van der Waals surface area contributed by atoms with Crippen molar-refractivity contribution in [3.05, 3.63) is 35.9 Å². The molecule has 0 heterocycles. The van der Waals surface area contributed by atoms with E-state index >= 15 is 0 Å². The summed E-state index contributed by atoms with van der Waals surface area (Å²) in [7, 11) is 3.48. The SMILES string of the molecule is CC[C@H](CC(=O)OC)N(C)Cc1ccccc1. The highest BCUT2D eigenvalue weighted by Crippen LogP contribution is 2.12. The molecule has 3 heteroatoms. The maximum atomic E-state index is 11.3. The number of rotatable bonds is 6. The van der Waals surface area contributed by atoms with Crippen molar-refractivity contribution >= 4 is 5.97 Å². The van der Waals surface area contributed by atoms with E-state index in [-0.39, 0.29) is 12.0 Å². The zero-order chi connectivity index (χ0) is 12.7. The fraction of sp³-hybridized carbons (Fsp3) is 0.500. The zero-order valence-corrected chi connectivity index (χ0v) is 10.8. The standard InChI is InChI=1S/C14H21NO2/c1-4-13(10-14(16)17-3)15(2)11-12-8-6-5-7-9-12/h5-9,13H,4,10-11H2,1-3H3/t13-/m1/s1. The van der Waals surface area contributed by atoms with Gasteiger partial charge < -0.3 is 4.74 Å². The van der Waals surface area contributed by atoms with Gasteiger partial charge in [-0.15, -0.1) is 0 Å². The van der Waals surface area contributed by atoms with E-state index in [1.807, 2.05) is 25.2 Å². The second-order valence-electron chi connectivity index (χ2n) is 4.24. The molecule has 0 aliphatic carbocycles. The van der Waals surface area contributed by atoms with Crippen LogP contribution in [0.25, 0.3) is 0 Å². The highest BCUT2D eigenvalue weighted by molar-refractivity contribution is 5.69. The number of methoxy groups -OCH3 is 1. The smallest absolute Gasteiger partial charge is 0.307 e. The summed E-state index contributed by atoms with van der Waals surface area (Å²) >= 11 is 0. The largest absolute Gasteiger partial charge is 0.469 e. The number of carbonyl (C=O) groups is 1. The van der Waals surface area contributed by atoms with E-state index in [4.69, 9.17) is 4.74 Å². The fourth-order valence-electron chi connectivity index (χ4n) is 1.89. The summed E-state index contributed by atoms with van der Waals surface area (Å²) in [5.74, 6) is -0.142. The first-order chi connectivity index (χ1) is 8.17. The third-order valence-electron chi connectivity index (χ3n) is 3.00. The van der Waals surface area contributed by atoms with Crippen LogP contribution in [0.5, 0.6) is 0 Å². The van der Waals surface area contributed by atoms with Crippen molar-refractivity contribution in [1.29, 1.82) is 0 Å². The Balaban J connectivity index is 2.54. The van der Waals surface area contributed by atoms with Crippen LogP contribution >= 0.6 is 0 Å². The molecule has 0 aromatic heterocycles. The average molecular weight is 235 g/mol. The molecule has 0 aliphatic heterocycles. The Bertz CT molecular complexity index is 337. The molecule has 0 aliphatic rings. The van der Waals surface area contributed by atoms with Gasteiger partial charge in [0.1, 0.15) is 0 Å². The van der Waals surface area contributed by atoms with Crippen molar-refractivity contribution in [3.63, 3.8) is 0 Å². The molecule has 0 unspecified atom stereocenters. The number of benzene rings is 1. The highest BCUT2D eigenvalue weighted by Gasteiger charge is 2.17. The number of ether oxygens (including phenoxy) is 1. The van der Waals surface area contributed by atoms with Crippen LogP contribution in [0, 0.1) is 0 Å². The van der Waals surface area contributed by atoms with Gasteiger partial charge in [-0.3, -0.25) is 9.69 Å². The van der Waals surface area contributed by atoms with Gasteiger partial charge in [0.05, 0.1) is 13.5 Å². The van der Waals surface area contributed by atoms with E-state index in [0.717, 1.165) is 13.0 Å². The molecule has 0 bridgehead atoms. The number of hydrogen-bond acceptors (Lipinski definition) is 3. The molecule has 1 aromatic rings. The van der Waals surface area contributed by atoms with E-state index in [2.05, 4.69) is 24.0 Å². The number of hydrogen-bond donors (Lipinski definition) is 0. The van der Waals surface area contributed by atoms with Crippen molar-refractivity contribution < 1.29 is 9.53 Å². The van der Waals surface area contributed by atoms with Gasteiger partial charge in [0.2, 0.25) is 0 Å². The second-order valence-corrected chi connectivity index (χ2v) is 4.24. The van der Waals surface area contributed by atoms with Crippen LogP contribution < -0.4 is 0 Å². The summed E-state index contributed by atoms with van der Waals surface area (Å²) in [6, 6.07) is 10.5. The Kier molecular flexibility index (Phi) is 5.70. The van der Waals surface area contributed by atoms with Crippen LogP contribution in [0.2, 0.25) is 0 Å². The average Bonchev–Trinajstić information content (AvgIpc) is 2.36. The summed E-state index contributed by atoms with van der Waals surface area (Å²) in [6.07, 6.45) is 1.40. The van der Waals surface area contributed by atoms with Crippen LogP contribution in [0.3, 0.4) is 0 Å². The molecule has 1 atom stereocenters. The lowest BCUT2D eigenvalue weighted by molar-refractivity contribution is -0.142. The molecule has 0 saturated carbocycles. The third kappa shape index (κ3) is 4.57. The fourth-order valence-corrected chi connectivity index (χ4v) is 1.89. The van der Waals surface area contributed by atoms with Gasteiger partial charge in [-0.1, -0.05) is 37.3 Å². The molecule has 94 valence electrons. The quantitative estimate of drug-likeness (QED) is 0.709. The molecule has 0 amide bonds. The molecule has 3 nitrogen and oxygen atoms in total. The minimum absolute atomic E-state index is 0.142. The first-order valence-electron chi connectivity index (χ1n) is 5.98. The molecule has 1 rings (SSSR count). The van der Waals surface area contributed by atoms with Crippen LogP contribution in [0.4, 0.5) is 0 Å². The Hall–Kier alpha value is -1.35. The number of carbonyl (C=O) groups excluding carboxylic acids is 1. The molecular weight excluding hydrogens is 214 g/mol. The number of esters is 1. The minimum atomic E-state index is -0.142. The lowest BCUT2D eigenvalue weighted by Gasteiger charge is -2.26. The molecule has 0 radical (unpaired) electrons. The lowest BCUT2D eigenvalue weighted by atomic mass is 10.1. The maximum Gasteiger partial charge on any atom is 0.307 e. The summed E-state index contributed by atoms with van der Waals surface area (Å²) in [5, 5.41) is 0. The Morgan fingerprint density at radius 3 is 2.53 bits per heavy atom. The predicted molar refractivity (Wildman–Crippen MR) is 68.6 cm³/mol. The van der Waals surface area contributed by atoms with Gasteiger partial charge in [0.15, 0.2) is 0 Å². The predicted octanol–water partition coefficient (Wildman–Crippen LogP) is 2.46. The molecular formula is C14H21NO2. The molecule has 0 fully saturated rings. The van der Waals surface area contributed by atoms with E-state index < -0.39 is 0 Å². The summed E-state index contributed by atoms with van der Waals surface area (Å²) in [4.78, 5) is 13.5. The zero-order valence-electron chi connectivity index (χ0n) is 10.8. The summed E-state index contributed by atoms with van der Waals surface area (Å²) < 4.78 is 4.72. The van der Waals surface area contributed by atoms with Gasteiger partial charge >= 0.3 is 5.97 Å². The number of nitrogens with zero attached hydrogens (tertiary/aromatic N) is 1. The van der Waals surface area contributed by atoms with Gasteiger partial charge in [-0.2, -0.15) is 0 Å². The normalized spacial score (nSPS) is 12.5. The van der Waals surface area contributed by atoms with Crippen molar-refractivity contribution in [2.45, 2.75) is 32.4 Å². The minimum Gasteiger partial charge on any atom is -0.469 e. The summed E-state index contributed by atoms with van der Waals surface area (Å²) in [6.45, 7) is 2.95. The summed E-state index contributed by atoms with van der Waals surface area (Å²) in [5.41, 5.74) is 1.26. The van der Waals surface area contributed by atoms with Gasteiger partial charge in [0, 0.05) is 12.6 Å². The van der Waals surface area contributed by atoms with Crippen molar-refractivity contribution in [2.24, 2.45) is 0 Å². The Morgan fingerprint density at radius 1 is 1.35 bits per heavy atom. The highest BCUT2D eigenvalue weighted by atomic mass is 16.5. The monoisotopic (exact) mass is 235 g/mol. The lowest BCUT2D eigenvalue weighted by Crippen LogP contribution is -2.33. The van der Waals surface area contributed by atoms with E-state index in [0.29, 0.717) is 6.42 Å². The topological polar surface area (TPSA) is 29.5 Å². The van der Waals surface area contributed by atoms with E-state index in [1.54, 1.807) is 0 Å².